The third kappa shape index (κ3) is 5.81. The summed E-state index contributed by atoms with van der Waals surface area (Å²) in [5, 5.41) is 13.0. The van der Waals surface area contributed by atoms with Crippen LogP contribution in [0.2, 0.25) is 0 Å². The summed E-state index contributed by atoms with van der Waals surface area (Å²) < 4.78 is 31.2. The van der Waals surface area contributed by atoms with E-state index in [0.29, 0.717) is 23.7 Å². The number of carbonyl (C=O) groups is 1. The summed E-state index contributed by atoms with van der Waals surface area (Å²) in [6.07, 6.45) is 0. The van der Waals surface area contributed by atoms with Crippen LogP contribution in [-0.4, -0.2) is 36.0 Å². The fourth-order valence-electron chi connectivity index (χ4n) is 2.09. The number of aromatic nitrogens is 2. The third-order valence-corrected chi connectivity index (χ3v) is 6.56. The van der Waals surface area contributed by atoms with Gasteiger partial charge in [0.1, 0.15) is 0 Å². The van der Waals surface area contributed by atoms with Gasteiger partial charge in [0.15, 0.2) is 0 Å². The van der Waals surface area contributed by atoms with E-state index in [1.807, 2.05) is 17.5 Å². The summed E-state index contributed by atoms with van der Waals surface area (Å²) in [4.78, 5) is 13.0. The Morgan fingerprint density at radius 3 is 2.68 bits per heavy atom. The number of nitrogens with zero attached hydrogens (tertiary/aromatic N) is 2. The number of thiophene rings is 1. The highest BCUT2D eigenvalue weighted by atomic mass is 32.2. The maximum atomic E-state index is 11.9. The molecule has 0 bridgehead atoms. The largest absolute Gasteiger partial charge is 0.411 e. The summed E-state index contributed by atoms with van der Waals surface area (Å²) >= 11 is 2.74. The lowest BCUT2D eigenvalue weighted by atomic mass is 10.2. The number of amides is 1. The monoisotopic (exact) mass is 438 g/mol. The molecule has 0 spiro atoms. The summed E-state index contributed by atoms with van der Waals surface area (Å²) in [5.74, 6) is 0.349. The molecule has 0 atom stereocenters. The van der Waals surface area contributed by atoms with Gasteiger partial charge in [0, 0.05) is 16.1 Å². The number of thioether (sulfide) groups is 1. The van der Waals surface area contributed by atoms with Crippen molar-refractivity contribution < 1.29 is 17.6 Å². The van der Waals surface area contributed by atoms with Crippen LogP contribution in [0.4, 0.5) is 5.69 Å². The van der Waals surface area contributed by atoms with E-state index in [-0.39, 0.29) is 22.6 Å². The Morgan fingerprint density at radius 1 is 1.21 bits per heavy atom. The Hall–Kier alpha value is -2.37. The van der Waals surface area contributed by atoms with E-state index in [1.165, 1.54) is 0 Å². The van der Waals surface area contributed by atoms with E-state index < -0.39 is 10.0 Å². The molecule has 2 heterocycles. The highest BCUT2D eigenvalue weighted by Gasteiger charge is 2.12. The van der Waals surface area contributed by atoms with Crippen LogP contribution < -0.4 is 10.0 Å². The maximum Gasteiger partial charge on any atom is 0.277 e. The highest BCUT2D eigenvalue weighted by molar-refractivity contribution is 7.99. The standard InChI is InChI=1S/C17H18N4O4S3/c1-2-28(23,24)21-13-7-5-12(6-8-13)16-19-20-17(25-16)27-11-15(22)18-10-14-4-3-9-26-14/h3-9,21H,2,10-11H2,1H3,(H,18,22). The Labute approximate surface area is 170 Å². The number of anilines is 1. The van der Waals surface area contributed by atoms with Gasteiger partial charge < -0.3 is 9.73 Å². The maximum absolute atomic E-state index is 11.9. The molecule has 8 nitrogen and oxygen atoms in total. The molecule has 0 aliphatic rings. The minimum atomic E-state index is -3.32. The third-order valence-electron chi connectivity index (χ3n) is 3.56. The van der Waals surface area contributed by atoms with Gasteiger partial charge in [0.2, 0.25) is 21.8 Å². The van der Waals surface area contributed by atoms with Crippen molar-refractivity contribution in [1.29, 1.82) is 0 Å². The van der Waals surface area contributed by atoms with Gasteiger partial charge in [-0.1, -0.05) is 17.8 Å². The van der Waals surface area contributed by atoms with Gasteiger partial charge >= 0.3 is 0 Å². The van der Waals surface area contributed by atoms with E-state index in [2.05, 4.69) is 20.2 Å². The van der Waals surface area contributed by atoms with E-state index in [1.54, 1.807) is 42.5 Å². The van der Waals surface area contributed by atoms with Crippen LogP contribution in [0.5, 0.6) is 0 Å². The molecule has 0 saturated heterocycles. The van der Waals surface area contributed by atoms with Gasteiger partial charge in [-0.3, -0.25) is 9.52 Å². The van der Waals surface area contributed by atoms with Crippen LogP contribution in [0.1, 0.15) is 11.8 Å². The Kier molecular flexibility index (Phi) is 6.70. The molecule has 0 fully saturated rings. The average molecular weight is 439 g/mol. The molecule has 2 N–H and O–H groups in total. The van der Waals surface area contributed by atoms with Crippen molar-refractivity contribution in [3.05, 3.63) is 46.7 Å². The SMILES string of the molecule is CCS(=O)(=O)Nc1ccc(-c2nnc(SCC(=O)NCc3cccs3)o2)cc1. The van der Waals surface area contributed by atoms with Crippen molar-refractivity contribution >= 4 is 44.7 Å². The minimum absolute atomic E-state index is 0.000102. The zero-order chi connectivity index (χ0) is 20.0. The smallest absolute Gasteiger partial charge is 0.277 e. The van der Waals surface area contributed by atoms with E-state index in [9.17, 15) is 13.2 Å². The van der Waals surface area contributed by atoms with Crippen molar-refractivity contribution in [2.75, 3.05) is 16.2 Å². The lowest BCUT2D eigenvalue weighted by Crippen LogP contribution is -2.24. The molecule has 0 aliphatic carbocycles. The number of hydrogen-bond donors (Lipinski definition) is 2. The van der Waals surface area contributed by atoms with Gasteiger partial charge in [0.25, 0.3) is 5.22 Å². The Balaban J connectivity index is 1.52. The summed E-state index contributed by atoms with van der Waals surface area (Å²) in [5.41, 5.74) is 1.11. The second-order valence-electron chi connectivity index (χ2n) is 5.60. The second kappa shape index (κ2) is 9.22. The van der Waals surface area contributed by atoms with Crippen LogP contribution in [0.25, 0.3) is 11.5 Å². The molecule has 11 heteroatoms. The second-order valence-corrected chi connectivity index (χ2v) is 9.57. The molecule has 148 valence electrons. The van der Waals surface area contributed by atoms with Crippen LogP contribution in [0, 0.1) is 0 Å². The van der Waals surface area contributed by atoms with Crippen molar-refractivity contribution in [3.8, 4) is 11.5 Å². The minimum Gasteiger partial charge on any atom is -0.411 e. The van der Waals surface area contributed by atoms with Gasteiger partial charge in [-0.2, -0.15) is 0 Å². The molecule has 0 saturated carbocycles. The highest BCUT2D eigenvalue weighted by Crippen LogP contribution is 2.24. The zero-order valence-corrected chi connectivity index (χ0v) is 17.4. The number of nitrogens with one attached hydrogen (secondary N) is 2. The first kappa shape index (κ1) is 20.4. The molecule has 3 aromatic rings. The van der Waals surface area contributed by atoms with E-state index >= 15 is 0 Å². The summed E-state index contributed by atoms with van der Waals surface area (Å²) in [7, 11) is -3.32. The van der Waals surface area contributed by atoms with Gasteiger partial charge in [-0.05, 0) is 42.6 Å². The van der Waals surface area contributed by atoms with Crippen LogP contribution >= 0.6 is 23.1 Å². The molecule has 3 rings (SSSR count). The molecular weight excluding hydrogens is 420 g/mol. The van der Waals surface area contributed by atoms with Crippen LogP contribution in [0.3, 0.4) is 0 Å². The molecule has 28 heavy (non-hydrogen) atoms. The fraction of sp³-hybridized carbons (Fsp3) is 0.235. The molecule has 2 aromatic heterocycles. The average Bonchev–Trinajstić information content (AvgIpc) is 3.37. The Bertz CT molecular complexity index is 1020. The van der Waals surface area contributed by atoms with Gasteiger partial charge in [-0.25, -0.2) is 8.42 Å². The Morgan fingerprint density at radius 2 is 2.00 bits per heavy atom. The van der Waals surface area contributed by atoms with E-state index in [0.717, 1.165) is 16.6 Å². The predicted octanol–water partition coefficient (Wildman–Crippen LogP) is 2.97. The number of benzene rings is 1. The molecular formula is C17H18N4O4S3. The molecule has 0 aliphatic heterocycles. The van der Waals surface area contributed by atoms with Crippen molar-refractivity contribution in [2.24, 2.45) is 0 Å². The number of rotatable bonds is 9. The van der Waals surface area contributed by atoms with E-state index in [4.69, 9.17) is 4.42 Å². The van der Waals surface area contributed by atoms with Crippen molar-refractivity contribution in [1.82, 2.24) is 15.5 Å². The first-order valence-electron chi connectivity index (χ1n) is 8.31. The first-order valence-corrected chi connectivity index (χ1v) is 11.8. The fourth-order valence-corrected chi connectivity index (χ4v) is 3.97. The number of carbonyl (C=O) groups excluding carboxylic acids is 1. The quantitative estimate of drug-likeness (QED) is 0.494. The summed E-state index contributed by atoms with van der Waals surface area (Å²) in [6, 6.07) is 10.5. The summed E-state index contributed by atoms with van der Waals surface area (Å²) in [6.45, 7) is 2.07. The predicted molar refractivity (Wildman–Crippen MR) is 110 cm³/mol. The number of sulfonamides is 1. The van der Waals surface area contributed by atoms with Gasteiger partial charge in [0.05, 0.1) is 18.1 Å². The molecule has 1 amide bonds. The van der Waals surface area contributed by atoms with Crippen molar-refractivity contribution in [2.45, 2.75) is 18.7 Å². The van der Waals surface area contributed by atoms with Gasteiger partial charge in [-0.15, -0.1) is 21.5 Å². The topological polar surface area (TPSA) is 114 Å². The molecule has 1 aromatic carbocycles. The van der Waals surface area contributed by atoms with Crippen LogP contribution in [-0.2, 0) is 21.4 Å². The molecule has 0 unspecified atom stereocenters. The lowest BCUT2D eigenvalue weighted by molar-refractivity contribution is -0.118. The number of hydrogen-bond acceptors (Lipinski definition) is 8. The normalized spacial score (nSPS) is 11.3. The molecule has 0 radical (unpaired) electrons. The first-order chi connectivity index (χ1) is 13.4. The van der Waals surface area contributed by atoms with Crippen molar-refractivity contribution in [3.63, 3.8) is 0 Å². The lowest BCUT2D eigenvalue weighted by Gasteiger charge is -2.05. The van der Waals surface area contributed by atoms with Crippen LogP contribution in [0.15, 0.2) is 51.4 Å². The zero-order valence-electron chi connectivity index (χ0n) is 14.9.